The Morgan fingerprint density at radius 1 is 1.18 bits per heavy atom. The maximum Gasteiger partial charge on any atom is 0.412 e. The van der Waals surface area contributed by atoms with E-state index in [4.69, 9.17) is 4.74 Å². The summed E-state index contributed by atoms with van der Waals surface area (Å²) in [4.78, 5) is 32.1. The van der Waals surface area contributed by atoms with Gasteiger partial charge in [0.05, 0.1) is 16.3 Å². The maximum atomic E-state index is 12.1. The summed E-state index contributed by atoms with van der Waals surface area (Å²) in [6.45, 7) is 1.86. The second-order valence-corrected chi connectivity index (χ2v) is 6.62. The summed E-state index contributed by atoms with van der Waals surface area (Å²) < 4.78 is 5.20. The van der Waals surface area contributed by atoms with Crippen molar-refractivity contribution in [1.82, 2.24) is 9.97 Å². The van der Waals surface area contributed by atoms with Crippen LogP contribution in [0.15, 0.2) is 41.8 Å². The third kappa shape index (κ3) is 4.26. The van der Waals surface area contributed by atoms with Crippen LogP contribution in [0.25, 0.3) is 10.7 Å². The van der Waals surface area contributed by atoms with Crippen LogP contribution in [0.2, 0.25) is 0 Å². The number of hydrogen-bond donors (Lipinski definition) is 3. The van der Waals surface area contributed by atoms with E-state index in [9.17, 15) is 19.8 Å². The Bertz CT molecular complexity index is 1000. The van der Waals surface area contributed by atoms with Gasteiger partial charge in [-0.2, -0.15) is 0 Å². The minimum atomic E-state index is -1.36. The Kier molecular flexibility index (Phi) is 5.85. The molecule has 3 aromatic rings. The van der Waals surface area contributed by atoms with E-state index in [0.717, 1.165) is 5.56 Å². The molecule has 1 amide bonds. The second-order valence-electron chi connectivity index (χ2n) is 5.70. The normalized spacial score (nSPS) is 10.5. The summed E-state index contributed by atoms with van der Waals surface area (Å²) >= 11 is 1.23. The molecule has 144 valence electrons. The molecule has 0 saturated carbocycles. The minimum Gasteiger partial charge on any atom is -0.504 e. The van der Waals surface area contributed by atoms with Gasteiger partial charge in [0.1, 0.15) is 6.61 Å². The molecular formula is C19H17N3O5S. The quantitative estimate of drug-likeness (QED) is 0.574. The van der Waals surface area contributed by atoms with Crippen LogP contribution in [0.4, 0.5) is 10.5 Å². The number of amides is 1. The fourth-order valence-electron chi connectivity index (χ4n) is 2.45. The van der Waals surface area contributed by atoms with E-state index in [0.29, 0.717) is 17.0 Å². The number of aryl methyl sites for hydroxylation is 1. The molecule has 2 aromatic heterocycles. The van der Waals surface area contributed by atoms with Crippen LogP contribution in [-0.4, -0.2) is 32.2 Å². The maximum absolute atomic E-state index is 12.1. The molecule has 9 heteroatoms. The number of hydrogen-bond acceptors (Lipinski definition) is 7. The van der Waals surface area contributed by atoms with Crippen LogP contribution in [0.5, 0.6) is 5.75 Å². The number of aromatic carboxylic acids is 1. The zero-order valence-corrected chi connectivity index (χ0v) is 15.7. The number of rotatable bonds is 6. The van der Waals surface area contributed by atoms with Gasteiger partial charge in [0, 0.05) is 0 Å². The number of carbonyl (C=O) groups excluding carboxylic acids is 1. The van der Waals surface area contributed by atoms with Crippen molar-refractivity contribution in [3.8, 4) is 16.5 Å². The molecular weight excluding hydrogens is 382 g/mol. The Balaban J connectivity index is 1.81. The average Bonchev–Trinajstić information content (AvgIpc) is 3.15. The molecule has 3 rings (SSSR count). The highest BCUT2D eigenvalue weighted by atomic mass is 32.1. The molecule has 0 unspecified atom stereocenters. The first kappa shape index (κ1) is 19.3. The molecule has 0 aliphatic rings. The highest BCUT2D eigenvalue weighted by Gasteiger charge is 2.21. The Morgan fingerprint density at radius 2 is 1.93 bits per heavy atom. The number of thiophene rings is 1. The molecule has 0 aliphatic carbocycles. The van der Waals surface area contributed by atoms with Crippen LogP contribution in [0.3, 0.4) is 0 Å². The smallest absolute Gasteiger partial charge is 0.412 e. The molecule has 3 N–H and O–H groups in total. The van der Waals surface area contributed by atoms with Crippen molar-refractivity contribution in [2.45, 2.75) is 20.0 Å². The monoisotopic (exact) mass is 399 g/mol. The first-order valence-corrected chi connectivity index (χ1v) is 9.26. The predicted molar refractivity (Wildman–Crippen MR) is 104 cm³/mol. The molecule has 0 fully saturated rings. The molecule has 2 heterocycles. The number of nitrogens with zero attached hydrogens (tertiary/aromatic N) is 2. The van der Waals surface area contributed by atoms with E-state index in [1.807, 2.05) is 30.3 Å². The van der Waals surface area contributed by atoms with Crippen LogP contribution in [0, 0.1) is 0 Å². The lowest BCUT2D eigenvalue weighted by Crippen LogP contribution is -2.14. The number of aromatic nitrogens is 2. The molecule has 0 spiro atoms. The van der Waals surface area contributed by atoms with Crippen LogP contribution < -0.4 is 5.32 Å². The number of carbonyl (C=O) groups is 2. The number of benzene rings is 1. The topological polar surface area (TPSA) is 122 Å². The van der Waals surface area contributed by atoms with Gasteiger partial charge >= 0.3 is 12.1 Å². The zero-order valence-electron chi connectivity index (χ0n) is 14.9. The third-order valence-electron chi connectivity index (χ3n) is 3.81. The number of nitrogens with one attached hydrogen (secondary N) is 1. The largest absolute Gasteiger partial charge is 0.504 e. The van der Waals surface area contributed by atoms with Gasteiger partial charge in [-0.15, -0.1) is 11.3 Å². The van der Waals surface area contributed by atoms with Gasteiger partial charge in [-0.3, -0.25) is 5.32 Å². The van der Waals surface area contributed by atoms with Gasteiger partial charge in [0.25, 0.3) is 0 Å². The summed E-state index contributed by atoms with van der Waals surface area (Å²) in [5, 5.41) is 23.6. The first-order valence-electron chi connectivity index (χ1n) is 8.38. The lowest BCUT2D eigenvalue weighted by molar-refractivity contribution is 0.0686. The van der Waals surface area contributed by atoms with Gasteiger partial charge in [-0.05, 0) is 23.4 Å². The molecule has 0 aliphatic heterocycles. The lowest BCUT2D eigenvalue weighted by atomic mass is 10.2. The van der Waals surface area contributed by atoms with Gasteiger partial charge in [-0.1, -0.05) is 37.3 Å². The van der Waals surface area contributed by atoms with Crippen molar-refractivity contribution in [3.63, 3.8) is 0 Å². The van der Waals surface area contributed by atoms with Crippen molar-refractivity contribution in [2.24, 2.45) is 0 Å². The minimum absolute atomic E-state index is 0.111. The van der Waals surface area contributed by atoms with Gasteiger partial charge in [-0.25, -0.2) is 19.6 Å². The van der Waals surface area contributed by atoms with Crippen molar-refractivity contribution in [1.29, 1.82) is 0 Å². The van der Waals surface area contributed by atoms with E-state index in [-0.39, 0.29) is 18.1 Å². The SMILES string of the molecule is CCc1nc(-c2sccc2NC(=O)OCc2ccccc2)nc(C(=O)O)c1O. The second kappa shape index (κ2) is 8.49. The molecule has 8 nitrogen and oxygen atoms in total. The fourth-order valence-corrected chi connectivity index (χ4v) is 3.23. The summed E-state index contributed by atoms with van der Waals surface area (Å²) in [5.41, 5.74) is 0.983. The number of ether oxygens (including phenoxy) is 1. The number of carboxylic acid groups (broad SMARTS) is 1. The summed E-state index contributed by atoms with van der Waals surface area (Å²) in [6, 6.07) is 10.9. The van der Waals surface area contributed by atoms with E-state index in [1.54, 1.807) is 18.4 Å². The molecule has 0 atom stereocenters. The van der Waals surface area contributed by atoms with Crippen LogP contribution in [-0.2, 0) is 17.8 Å². The van der Waals surface area contributed by atoms with E-state index < -0.39 is 23.5 Å². The fraction of sp³-hybridized carbons (Fsp3) is 0.158. The molecule has 1 aromatic carbocycles. The molecule has 28 heavy (non-hydrogen) atoms. The van der Waals surface area contributed by atoms with Crippen molar-refractivity contribution in [2.75, 3.05) is 5.32 Å². The number of aromatic hydroxyl groups is 1. The predicted octanol–water partition coefficient (Wildman–Crippen LogP) is 3.92. The van der Waals surface area contributed by atoms with Gasteiger partial charge < -0.3 is 14.9 Å². The lowest BCUT2D eigenvalue weighted by Gasteiger charge is -2.10. The van der Waals surface area contributed by atoms with E-state index >= 15 is 0 Å². The number of anilines is 1. The third-order valence-corrected chi connectivity index (χ3v) is 4.72. The molecule has 0 radical (unpaired) electrons. The highest BCUT2D eigenvalue weighted by Crippen LogP contribution is 2.33. The molecule has 0 bridgehead atoms. The molecule has 0 saturated heterocycles. The van der Waals surface area contributed by atoms with E-state index in [2.05, 4.69) is 15.3 Å². The van der Waals surface area contributed by atoms with Crippen molar-refractivity contribution < 1.29 is 24.5 Å². The van der Waals surface area contributed by atoms with Crippen molar-refractivity contribution >= 4 is 29.1 Å². The van der Waals surface area contributed by atoms with Crippen molar-refractivity contribution in [3.05, 3.63) is 58.7 Å². The summed E-state index contributed by atoms with van der Waals surface area (Å²) in [6.07, 6.45) is -0.328. The highest BCUT2D eigenvalue weighted by molar-refractivity contribution is 7.14. The Hall–Kier alpha value is -3.46. The summed E-state index contributed by atoms with van der Waals surface area (Å²) in [5.74, 6) is -1.70. The van der Waals surface area contributed by atoms with Gasteiger partial charge in [0.2, 0.25) is 0 Å². The Labute approximate surface area is 164 Å². The first-order chi connectivity index (χ1) is 13.5. The standard InChI is InChI=1S/C19H17N3O5S/c1-2-12-15(23)14(18(24)25)22-17(20-12)16-13(8-9-28-16)21-19(26)27-10-11-6-4-3-5-7-11/h3-9,23H,2,10H2,1H3,(H,21,26)(H,24,25). The number of carboxylic acids is 1. The summed E-state index contributed by atoms with van der Waals surface area (Å²) in [7, 11) is 0. The van der Waals surface area contributed by atoms with Gasteiger partial charge in [0.15, 0.2) is 17.3 Å². The average molecular weight is 399 g/mol. The van der Waals surface area contributed by atoms with E-state index in [1.165, 1.54) is 11.3 Å². The zero-order chi connectivity index (χ0) is 20.1. The Morgan fingerprint density at radius 3 is 2.61 bits per heavy atom. The van der Waals surface area contributed by atoms with Crippen LogP contribution >= 0.6 is 11.3 Å². The van der Waals surface area contributed by atoms with Crippen LogP contribution in [0.1, 0.15) is 28.7 Å².